The molecule has 2 nitrogen and oxygen atoms in total. The first-order valence-electron chi connectivity index (χ1n) is 4.55. The monoisotopic (exact) mass is 196 g/mol. The van der Waals surface area contributed by atoms with E-state index in [0.29, 0.717) is 0 Å². The summed E-state index contributed by atoms with van der Waals surface area (Å²) in [5, 5.41) is 0. The minimum Gasteiger partial charge on any atom is -0.327 e. The van der Waals surface area contributed by atoms with Crippen molar-refractivity contribution in [2.45, 2.75) is 19.4 Å². The number of thioether (sulfide) groups is 1. The molecule has 0 aromatic carbocycles. The van der Waals surface area contributed by atoms with Gasteiger partial charge in [-0.3, -0.25) is 4.98 Å². The van der Waals surface area contributed by atoms with Crippen LogP contribution in [0.3, 0.4) is 0 Å². The molecule has 0 saturated carbocycles. The molecule has 1 rings (SSSR count). The molecule has 1 aromatic heterocycles. The summed E-state index contributed by atoms with van der Waals surface area (Å²) in [5.41, 5.74) is 7.23. The van der Waals surface area contributed by atoms with Crippen molar-refractivity contribution < 1.29 is 0 Å². The Morgan fingerprint density at radius 3 is 2.77 bits per heavy atom. The lowest BCUT2D eigenvalue weighted by atomic mass is 10.1. The molecule has 0 aliphatic rings. The summed E-state index contributed by atoms with van der Waals surface area (Å²) in [7, 11) is 0. The van der Waals surface area contributed by atoms with Crippen LogP contribution >= 0.6 is 11.8 Å². The van der Waals surface area contributed by atoms with E-state index >= 15 is 0 Å². The largest absolute Gasteiger partial charge is 0.327 e. The van der Waals surface area contributed by atoms with Gasteiger partial charge in [-0.25, -0.2) is 0 Å². The molecule has 0 fully saturated rings. The molecule has 0 aliphatic carbocycles. The van der Waals surface area contributed by atoms with Crippen molar-refractivity contribution in [1.29, 1.82) is 0 Å². The molecule has 2 N–H and O–H groups in total. The highest BCUT2D eigenvalue weighted by Gasteiger charge is 2.02. The summed E-state index contributed by atoms with van der Waals surface area (Å²) >= 11 is 1.89. The van der Waals surface area contributed by atoms with Crippen LogP contribution in [0.2, 0.25) is 0 Å². The van der Waals surface area contributed by atoms with Gasteiger partial charge in [-0.05, 0) is 29.9 Å². The zero-order chi connectivity index (χ0) is 9.52. The average molecular weight is 196 g/mol. The van der Waals surface area contributed by atoms with Gasteiger partial charge < -0.3 is 5.73 Å². The third-order valence-electron chi connectivity index (χ3n) is 1.78. The Kier molecular flexibility index (Phi) is 4.86. The molecule has 1 atom stereocenters. The second kappa shape index (κ2) is 6.00. The zero-order valence-corrected chi connectivity index (χ0v) is 8.76. The van der Waals surface area contributed by atoms with E-state index in [1.807, 2.05) is 36.3 Å². The Bertz CT molecular complexity index is 226. The first-order chi connectivity index (χ1) is 6.33. The van der Waals surface area contributed by atoms with Crippen LogP contribution in [0.1, 0.15) is 12.5 Å². The first kappa shape index (κ1) is 10.5. The number of nitrogens with two attached hydrogens (primary N) is 1. The molecule has 0 saturated heterocycles. The van der Waals surface area contributed by atoms with Crippen molar-refractivity contribution in [3.05, 3.63) is 30.1 Å². The third-order valence-corrected chi connectivity index (χ3v) is 2.86. The molecular formula is C10H16N2S. The standard InChI is InChI=1S/C10H16N2S/c1-2-13-8-10(11)7-9-3-5-12-6-4-9/h3-6,10H,2,7-8,11H2,1H3. The normalized spacial score (nSPS) is 12.8. The van der Waals surface area contributed by atoms with Crippen molar-refractivity contribution in [2.24, 2.45) is 5.73 Å². The van der Waals surface area contributed by atoms with Crippen LogP contribution < -0.4 is 5.73 Å². The highest BCUT2D eigenvalue weighted by atomic mass is 32.2. The quantitative estimate of drug-likeness (QED) is 0.779. The zero-order valence-electron chi connectivity index (χ0n) is 7.94. The lowest BCUT2D eigenvalue weighted by molar-refractivity contribution is 0.748. The van der Waals surface area contributed by atoms with Crippen LogP contribution in [-0.4, -0.2) is 22.5 Å². The van der Waals surface area contributed by atoms with E-state index in [1.165, 1.54) is 5.56 Å². The number of pyridine rings is 1. The minimum atomic E-state index is 0.271. The minimum absolute atomic E-state index is 0.271. The van der Waals surface area contributed by atoms with E-state index in [0.717, 1.165) is 17.9 Å². The maximum atomic E-state index is 5.95. The highest BCUT2D eigenvalue weighted by Crippen LogP contribution is 2.05. The molecule has 0 radical (unpaired) electrons. The van der Waals surface area contributed by atoms with Gasteiger partial charge in [0.05, 0.1) is 0 Å². The van der Waals surface area contributed by atoms with Crippen molar-refractivity contribution >= 4 is 11.8 Å². The predicted molar refractivity (Wildman–Crippen MR) is 58.9 cm³/mol. The SMILES string of the molecule is CCSCC(N)Cc1ccncc1. The predicted octanol–water partition coefficient (Wildman–Crippen LogP) is 1.70. The fourth-order valence-corrected chi connectivity index (χ4v) is 1.81. The summed E-state index contributed by atoms with van der Waals surface area (Å²) in [6.07, 6.45) is 4.58. The average Bonchev–Trinajstić information content (AvgIpc) is 2.16. The van der Waals surface area contributed by atoms with Crippen LogP contribution in [0.4, 0.5) is 0 Å². The Hall–Kier alpha value is -0.540. The van der Waals surface area contributed by atoms with Crippen molar-refractivity contribution in [2.75, 3.05) is 11.5 Å². The van der Waals surface area contributed by atoms with Crippen LogP contribution in [0.15, 0.2) is 24.5 Å². The maximum Gasteiger partial charge on any atom is 0.0270 e. The van der Waals surface area contributed by atoms with E-state index in [1.54, 1.807) is 0 Å². The van der Waals surface area contributed by atoms with E-state index in [2.05, 4.69) is 11.9 Å². The van der Waals surface area contributed by atoms with E-state index in [-0.39, 0.29) is 6.04 Å². The molecule has 1 heterocycles. The van der Waals surface area contributed by atoms with Gasteiger partial charge in [0, 0.05) is 24.2 Å². The van der Waals surface area contributed by atoms with Crippen LogP contribution in [0.25, 0.3) is 0 Å². The first-order valence-corrected chi connectivity index (χ1v) is 5.70. The molecule has 3 heteroatoms. The topological polar surface area (TPSA) is 38.9 Å². The third kappa shape index (κ3) is 4.29. The van der Waals surface area contributed by atoms with Gasteiger partial charge in [0.2, 0.25) is 0 Å². The van der Waals surface area contributed by atoms with Gasteiger partial charge in [0.15, 0.2) is 0 Å². The van der Waals surface area contributed by atoms with Gasteiger partial charge in [-0.2, -0.15) is 11.8 Å². The van der Waals surface area contributed by atoms with Crippen LogP contribution in [-0.2, 0) is 6.42 Å². The lowest BCUT2D eigenvalue weighted by Crippen LogP contribution is -2.25. The van der Waals surface area contributed by atoms with Gasteiger partial charge in [0.1, 0.15) is 0 Å². The second-order valence-electron chi connectivity index (χ2n) is 2.98. The van der Waals surface area contributed by atoms with E-state index in [9.17, 15) is 0 Å². The van der Waals surface area contributed by atoms with E-state index < -0.39 is 0 Å². The Balaban J connectivity index is 2.32. The summed E-state index contributed by atoms with van der Waals surface area (Å²) in [6, 6.07) is 4.32. The summed E-state index contributed by atoms with van der Waals surface area (Å²) in [6.45, 7) is 2.16. The van der Waals surface area contributed by atoms with Crippen LogP contribution in [0, 0.1) is 0 Å². The van der Waals surface area contributed by atoms with Gasteiger partial charge in [0.25, 0.3) is 0 Å². The smallest absolute Gasteiger partial charge is 0.0270 e. The highest BCUT2D eigenvalue weighted by molar-refractivity contribution is 7.99. The van der Waals surface area contributed by atoms with Crippen molar-refractivity contribution in [3.63, 3.8) is 0 Å². The van der Waals surface area contributed by atoms with Crippen molar-refractivity contribution in [3.8, 4) is 0 Å². The molecule has 1 aromatic rings. The number of rotatable bonds is 5. The molecule has 0 spiro atoms. The van der Waals surface area contributed by atoms with Gasteiger partial charge in [-0.1, -0.05) is 6.92 Å². The summed E-state index contributed by atoms with van der Waals surface area (Å²) in [4.78, 5) is 3.97. The molecule has 0 bridgehead atoms. The molecule has 1 unspecified atom stereocenters. The number of nitrogens with zero attached hydrogens (tertiary/aromatic N) is 1. The van der Waals surface area contributed by atoms with E-state index in [4.69, 9.17) is 5.73 Å². The van der Waals surface area contributed by atoms with Crippen LogP contribution in [0.5, 0.6) is 0 Å². The van der Waals surface area contributed by atoms with Gasteiger partial charge in [-0.15, -0.1) is 0 Å². The molecule has 72 valence electrons. The summed E-state index contributed by atoms with van der Waals surface area (Å²) < 4.78 is 0. The Morgan fingerprint density at radius 2 is 2.15 bits per heavy atom. The number of hydrogen-bond donors (Lipinski definition) is 1. The Morgan fingerprint density at radius 1 is 1.46 bits per heavy atom. The lowest BCUT2D eigenvalue weighted by Gasteiger charge is -2.09. The van der Waals surface area contributed by atoms with Gasteiger partial charge >= 0.3 is 0 Å². The molecule has 0 aliphatic heterocycles. The Labute approximate surface area is 83.9 Å². The molecule has 0 amide bonds. The molecule has 13 heavy (non-hydrogen) atoms. The van der Waals surface area contributed by atoms with Crippen molar-refractivity contribution in [1.82, 2.24) is 4.98 Å². The fourth-order valence-electron chi connectivity index (χ4n) is 1.15. The number of hydrogen-bond acceptors (Lipinski definition) is 3. The second-order valence-corrected chi connectivity index (χ2v) is 4.30. The summed E-state index contributed by atoms with van der Waals surface area (Å²) in [5.74, 6) is 2.18. The molecular weight excluding hydrogens is 180 g/mol. The maximum absolute atomic E-state index is 5.95. The fraction of sp³-hybridized carbons (Fsp3) is 0.500. The number of aromatic nitrogens is 1.